The highest BCUT2D eigenvalue weighted by Crippen LogP contribution is 2.28. The lowest BCUT2D eigenvalue weighted by molar-refractivity contribution is -0.124. The van der Waals surface area contributed by atoms with Crippen LogP contribution in [0.2, 0.25) is 10.0 Å². The zero-order valence-corrected chi connectivity index (χ0v) is 14.9. The monoisotopic (exact) mass is 366 g/mol. The lowest BCUT2D eigenvalue weighted by Crippen LogP contribution is -2.47. The van der Waals surface area contributed by atoms with E-state index in [2.05, 4.69) is 10.6 Å². The molecule has 2 rings (SSSR count). The van der Waals surface area contributed by atoms with Gasteiger partial charge in [-0.05, 0) is 31.5 Å². The first-order valence-electron chi connectivity index (χ1n) is 6.96. The number of nitrogens with one attached hydrogen (secondary N) is 2. The van der Waals surface area contributed by atoms with E-state index in [9.17, 15) is 4.79 Å². The smallest absolute Gasteiger partial charge is 0.222 e. The average Bonchev–Trinajstić information content (AvgIpc) is 2.42. The van der Waals surface area contributed by atoms with Crippen LogP contribution in [-0.2, 0) is 15.1 Å². The van der Waals surface area contributed by atoms with Gasteiger partial charge in [-0.1, -0.05) is 29.3 Å². The Morgan fingerprint density at radius 3 is 2.73 bits per heavy atom. The predicted molar refractivity (Wildman–Crippen MR) is 92.1 cm³/mol. The van der Waals surface area contributed by atoms with E-state index in [4.69, 9.17) is 27.9 Å². The van der Waals surface area contributed by atoms with Crippen molar-refractivity contribution in [3.05, 3.63) is 33.8 Å². The number of rotatable bonds is 4. The van der Waals surface area contributed by atoms with E-state index < -0.39 is 5.54 Å². The molecule has 1 heterocycles. The van der Waals surface area contributed by atoms with Crippen molar-refractivity contribution in [2.75, 3.05) is 19.8 Å². The van der Waals surface area contributed by atoms with Gasteiger partial charge in [-0.25, -0.2) is 0 Å². The summed E-state index contributed by atoms with van der Waals surface area (Å²) in [5.74, 6) is -0.0194. The van der Waals surface area contributed by atoms with Gasteiger partial charge >= 0.3 is 0 Å². The second kappa shape index (κ2) is 8.37. The fraction of sp³-hybridized carbons (Fsp3) is 0.533. The van der Waals surface area contributed by atoms with E-state index in [1.165, 1.54) is 0 Å². The largest absolute Gasteiger partial charge is 0.378 e. The summed E-state index contributed by atoms with van der Waals surface area (Å²) in [4.78, 5) is 12.2. The van der Waals surface area contributed by atoms with Crippen LogP contribution in [0.3, 0.4) is 0 Å². The molecule has 0 bridgehead atoms. The van der Waals surface area contributed by atoms with Gasteiger partial charge in [0.05, 0.1) is 28.8 Å². The molecule has 1 saturated heterocycles. The number of morpholine rings is 1. The van der Waals surface area contributed by atoms with Crippen LogP contribution in [0.15, 0.2) is 18.2 Å². The number of ether oxygens (including phenoxy) is 1. The van der Waals surface area contributed by atoms with Crippen molar-refractivity contribution in [2.45, 2.75) is 31.8 Å². The molecule has 1 aliphatic heterocycles. The summed E-state index contributed by atoms with van der Waals surface area (Å²) in [6.45, 7) is 5.94. The Balaban J connectivity index is 0.00000242. The summed E-state index contributed by atoms with van der Waals surface area (Å²) in [5, 5.41) is 7.29. The van der Waals surface area contributed by atoms with E-state index in [-0.39, 0.29) is 24.4 Å². The molecule has 1 aliphatic rings. The Morgan fingerprint density at radius 1 is 1.41 bits per heavy atom. The fourth-order valence-electron chi connectivity index (χ4n) is 2.33. The van der Waals surface area contributed by atoms with Crippen LogP contribution in [-0.4, -0.2) is 31.7 Å². The summed E-state index contributed by atoms with van der Waals surface area (Å²) < 4.78 is 5.35. The molecule has 4 nitrogen and oxygen atoms in total. The van der Waals surface area contributed by atoms with Gasteiger partial charge in [0.15, 0.2) is 0 Å². The Hall–Kier alpha value is -0.520. The van der Waals surface area contributed by atoms with Crippen LogP contribution in [0.4, 0.5) is 0 Å². The van der Waals surface area contributed by atoms with Gasteiger partial charge in [0, 0.05) is 19.0 Å². The van der Waals surface area contributed by atoms with Crippen molar-refractivity contribution in [1.82, 2.24) is 10.6 Å². The van der Waals surface area contributed by atoms with Crippen LogP contribution in [0.5, 0.6) is 0 Å². The number of halogens is 3. The molecule has 0 aliphatic carbocycles. The third kappa shape index (κ3) is 5.28. The van der Waals surface area contributed by atoms with Crippen molar-refractivity contribution < 1.29 is 9.53 Å². The zero-order valence-electron chi connectivity index (χ0n) is 12.6. The average molecular weight is 368 g/mol. The molecule has 1 aromatic carbocycles. The van der Waals surface area contributed by atoms with Crippen LogP contribution >= 0.6 is 35.6 Å². The van der Waals surface area contributed by atoms with Gasteiger partial charge in [0.1, 0.15) is 0 Å². The van der Waals surface area contributed by atoms with Crippen LogP contribution in [0.25, 0.3) is 0 Å². The van der Waals surface area contributed by atoms with Crippen LogP contribution < -0.4 is 10.6 Å². The number of carbonyl (C=O) groups excluding carboxylic acids is 1. The molecule has 124 valence electrons. The second-order valence-electron chi connectivity index (χ2n) is 5.73. The molecule has 1 fully saturated rings. The normalized spacial score (nSPS) is 18.5. The van der Waals surface area contributed by atoms with Gasteiger partial charge in [-0.2, -0.15) is 0 Å². The Morgan fingerprint density at radius 2 is 2.14 bits per heavy atom. The molecule has 0 radical (unpaired) electrons. The van der Waals surface area contributed by atoms with Crippen molar-refractivity contribution in [2.24, 2.45) is 0 Å². The minimum atomic E-state index is -0.513. The van der Waals surface area contributed by atoms with E-state index in [1.54, 1.807) is 12.1 Å². The maximum atomic E-state index is 12.2. The summed E-state index contributed by atoms with van der Waals surface area (Å²) in [6, 6.07) is 5.47. The molecule has 1 unspecified atom stereocenters. The maximum Gasteiger partial charge on any atom is 0.222 e. The van der Waals surface area contributed by atoms with Gasteiger partial charge in [0.2, 0.25) is 5.91 Å². The van der Waals surface area contributed by atoms with Gasteiger partial charge in [-0.3, -0.25) is 4.79 Å². The molecule has 0 spiro atoms. The van der Waals surface area contributed by atoms with Crippen LogP contribution in [0.1, 0.15) is 25.8 Å². The summed E-state index contributed by atoms with van der Waals surface area (Å²) >= 11 is 12.0. The van der Waals surface area contributed by atoms with E-state index in [1.807, 2.05) is 19.9 Å². The number of carbonyl (C=O) groups is 1. The Labute approximate surface area is 147 Å². The first-order valence-corrected chi connectivity index (χ1v) is 7.72. The molecule has 0 aromatic heterocycles. The number of amides is 1. The first-order chi connectivity index (χ1) is 9.88. The summed E-state index contributed by atoms with van der Waals surface area (Å²) in [7, 11) is 0. The van der Waals surface area contributed by atoms with Crippen molar-refractivity contribution in [1.29, 1.82) is 0 Å². The molecule has 2 N–H and O–H groups in total. The SMILES string of the molecule is CC(C)(NC(=O)CC1COCCN1)c1ccc(Cl)c(Cl)c1.Cl. The molecule has 0 saturated carbocycles. The Bertz CT molecular complexity index is 518. The van der Waals surface area contributed by atoms with Gasteiger partial charge < -0.3 is 15.4 Å². The third-order valence-corrected chi connectivity index (χ3v) is 4.26. The minimum Gasteiger partial charge on any atom is -0.378 e. The number of hydrogen-bond acceptors (Lipinski definition) is 3. The molecule has 1 atom stereocenters. The van der Waals surface area contributed by atoms with Crippen molar-refractivity contribution in [3.8, 4) is 0 Å². The lowest BCUT2D eigenvalue weighted by atomic mass is 9.94. The summed E-state index contributed by atoms with van der Waals surface area (Å²) in [6.07, 6.45) is 0.394. The Kier molecular flexibility index (Phi) is 7.42. The third-order valence-electron chi connectivity index (χ3n) is 3.52. The van der Waals surface area contributed by atoms with Crippen molar-refractivity contribution >= 4 is 41.5 Å². The van der Waals surface area contributed by atoms with Crippen molar-refractivity contribution in [3.63, 3.8) is 0 Å². The van der Waals surface area contributed by atoms with Gasteiger partial charge in [0.25, 0.3) is 0 Å². The quantitative estimate of drug-likeness (QED) is 0.859. The fourth-order valence-corrected chi connectivity index (χ4v) is 2.63. The summed E-state index contributed by atoms with van der Waals surface area (Å²) in [5.41, 5.74) is 0.402. The highest BCUT2D eigenvalue weighted by molar-refractivity contribution is 6.42. The maximum absolute atomic E-state index is 12.2. The molecule has 1 amide bonds. The van der Waals surface area contributed by atoms with Gasteiger partial charge in [-0.15, -0.1) is 12.4 Å². The first kappa shape index (κ1) is 19.5. The minimum absolute atomic E-state index is 0. The predicted octanol–water partition coefficient (Wildman–Crippen LogP) is 3.15. The second-order valence-corrected chi connectivity index (χ2v) is 6.55. The number of hydrogen-bond donors (Lipinski definition) is 2. The van der Waals surface area contributed by atoms with E-state index >= 15 is 0 Å². The number of benzene rings is 1. The molecular weight excluding hydrogens is 347 g/mol. The highest BCUT2D eigenvalue weighted by atomic mass is 35.5. The molecular formula is C15H21Cl3N2O2. The lowest BCUT2D eigenvalue weighted by Gasteiger charge is -2.29. The van der Waals surface area contributed by atoms with E-state index in [0.29, 0.717) is 29.7 Å². The zero-order chi connectivity index (χ0) is 15.5. The molecule has 22 heavy (non-hydrogen) atoms. The molecule has 7 heteroatoms. The van der Waals surface area contributed by atoms with Crippen LogP contribution in [0, 0.1) is 0 Å². The topological polar surface area (TPSA) is 50.4 Å². The highest BCUT2D eigenvalue weighted by Gasteiger charge is 2.25. The standard InChI is InChI=1S/C15H20Cl2N2O2.ClH/c1-15(2,10-3-4-12(16)13(17)7-10)19-14(20)8-11-9-21-6-5-18-11;/h3-4,7,11,18H,5-6,8-9H2,1-2H3,(H,19,20);1H. The molecule has 1 aromatic rings. The van der Waals surface area contributed by atoms with E-state index in [0.717, 1.165) is 12.1 Å².